The Morgan fingerprint density at radius 2 is 1.58 bits per heavy atom. The van der Waals surface area contributed by atoms with Crippen molar-refractivity contribution in [3.8, 4) is 0 Å². The van der Waals surface area contributed by atoms with Gasteiger partial charge in [-0.2, -0.15) is 13.2 Å². The van der Waals surface area contributed by atoms with Gasteiger partial charge in [0.15, 0.2) is 0 Å². The molecule has 11 heteroatoms. The van der Waals surface area contributed by atoms with Crippen LogP contribution in [0, 0.1) is 0 Å². The van der Waals surface area contributed by atoms with E-state index in [2.05, 4.69) is 4.72 Å². The lowest BCUT2D eigenvalue weighted by atomic mass is 10.3. The van der Waals surface area contributed by atoms with Crippen LogP contribution in [0.5, 0.6) is 0 Å². The summed E-state index contributed by atoms with van der Waals surface area (Å²) >= 11 is 0. The molecule has 0 aliphatic rings. The fourth-order valence-electron chi connectivity index (χ4n) is 2.19. The number of nitrogens with zero attached hydrogens (tertiary/aromatic N) is 1. The van der Waals surface area contributed by atoms with Crippen LogP contribution in [0.2, 0.25) is 0 Å². The van der Waals surface area contributed by atoms with E-state index < -0.39 is 30.3 Å². The van der Waals surface area contributed by atoms with Crippen molar-refractivity contribution in [3.63, 3.8) is 0 Å². The molecule has 0 radical (unpaired) electrons. The van der Waals surface area contributed by atoms with E-state index in [1.807, 2.05) is 17.7 Å². The number of nitrogens with one attached hydrogen (secondary N) is 1. The minimum atomic E-state index is -5.51. The Balaban J connectivity index is 2.14. The van der Waals surface area contributed by atoms with Crippen LogP contribution in [0.25, 0.3) is 0 Å². The van der Waals surface area contributed by atoms with Gasteiger partial charge in [0.2, 0.25) is 10.0 Å². The van der Waals surface area contributed by atoms with Gasteiger partial charge < -0.3 is 4.57 Å². The number of hydrogen-bond acceptors (Lipinski definition) is 4. The zero-order valence-electron chi connectivity index (χ0n) is 13.7. The molecule has 2 rings (SSSR count). The second-order valence-corrected chi connectivity index (χ2v) is 9.21. The summed E-state index contributed by atoms with van der Waals surface area (Å²) in [6.07, 6.45) is 4.52. The maximum atomic E-state index is 12.5. The first-order valence-corrected chi connectivity index (χ1v) is 10.5. The third-order valence-electron chi connectivity index (χ3n) is 3.51. The van der Waals surface area contributed by atoms with Crippen LogP contribution in [-0.2, 0) is 33.0 Å². The Bertz CT molecular complexity index is 963. The molecule has 0 amide bonds. The Morgan fingerprint density at radius 3 is 2.12 bits per heavy atom. The van der Waals surface area contributed by atoms with E-state index in [9.17, 15) is 30.0 Å². The lowest BCUT2D eigenvalue weighted by Crippen LogP contribution is -2.24. The highest BCUT2D eigenvalue weighted by molar-refractivity contribution is 7.92. The summed E-state index contributed by atoms with van der Waals surface area (Å²) in [6, 6.07) is 4.63. The number of hydrogen-bond donors (Lipinski definition) is 1. The third kappa shape index (κ3) is 4.46. The molecular weight excluding hydrogens is 393 g/mol. The minimum Gasteiger partial charge on any atom is -0.354 e. The van der Waals surface area contributed by atoms with Crippen LogP contribution in [0.3, 0.4) is 0 Å². The monoisotopic (exact) mass is 410 g/mol. The Morgan fingerprint density at radius 1 is 1.00 bits per heavy atom. The Labute approximate surface area is 149 Å². The molecule has 0 atom stereocenters. The lowest BCUT2D eigenvalue weighted by molar-refractivity contribution is -0.0436. The number of sulfone groups is 1. The largest absolute Gasteiger partial charge is 0.501 e. The van der Waals surface area contributed by atoms with Gasteiger partial charge in [-0.05, 0) is 42.3 Å². The number of aryl methyl sites for hydroxylation is 1. The maximum absolute atomic E-state index is 12.5. The molecule has 1 aromatic carbocycles. The van der Waals surface area contributed by atoms with Gasteiger partial charge in [0.1, 0.15) is 0 Å². The molecule has 6 nitrogen and oxygen atoms in total. The van der Waals surface area contributed by atoms with E-state index in [1.54, 1.807) is 12.3 Å². The average molecular weight is 410 g/mol. The molecule has 0 unspecified atom stereocenters. The molecular formula is C15H17F3N2O4S2. The highest BCUT2D eigenvalue weighted by Gasteiger charge is 2.46. The molecule has 0 saturated heterocycles. The molecule has 1 N–H and O–H groups in total. The Kier molecular flexibility index (Phi) is 5.83. The van der Waals surface area contributed by atoms with Crippen molar-refractivity contribution in [2.45, 2.75) is 41.7 Å². The highest BCUT2D eigenvalue weighted by Crippen LogP contribution is 2.30. The number of sulfonamides is 1. The topological polar surface area (TPSA) is 85.2 Å². The van der Waals surface area contributed by atoms with Gasteiger partial charge in [-0.3, -0.25) is 0 Å². The standard InChI is InChI=1S/C15H17F3N2O4S2/c1-2-8-20-9-7-12(11-20)10-19-26(23,24)14-5-3-13(4-6-14)25(21,22)15(16,17)18/h3-7,9,11,19H,2,8,10H2,1H3. The molecule has 144 valence electrons. The van der Waals surface area contributed by atoms with Crippen LogP contribution in [0.4, 0.5) is 13.2 Å². The maximum Gasteiger partial charge on any atom is 0.501 e. The number of aromatic nitrogens is 1. The number of rotatable bonds is 7. The van der Waals surface area contributed by atoms with Crippen molar-refractivity contribution in [2.24, 2.45) is 0 Å². The van der Waals surface area contributed by atoms with Crippen molar-refractivity contribution in [2.75, 3.05) is 0 Å². The van der Waals surface area contributed by atoms with Gasteiger partial charge >= 0.3 is 5.51 Å². The predicted molar refractivity (Wildman–Crippen MR) is 88.4 cm³/mol. The molecule has 1 heterocycles. The minimum absolute atomic E-state index is 0.00164. The van der Waals surface area contributed by atoms with Crippen molar-refractivity contribution < 1.29 is 30.0 Å². The van der Waals surface area contributed by atoms with E-state index in [0.29, 0.717) is 12.1 Å². The second kappa shape index (κ2) is 7.41. The summed E-state index contributed by atoms with van der Waals surface area (Å²) in [7, 11) is -9.51. The van der Waals surface area contributed by atoms with Crippen molar-refractivity contribution in [3.05, 3.63) is 48.3 Å². The van der Waals surface area contributed by atoms with Crippen molar-refractivity contribution in [1.29, 1.82) is 0 Å². The second-order valence-electron chi connectivity index (χ2n) is 5.50. The summed E-state index contributed by atoms with van der Waals surface area (Å²) in [4.78, 5) is -1.34. The van der Waals surface area contributed by atoms with E-state index in [4.69, 9.17) is 0 Å². The van der Waals surface area contributed by atoms with Crippen molar-refractivity contribution >= 4 is 19.9 Å². The van der Waals surface area contributed by atoms with Crippen LogP contribution < -0.4 is 4.72 Å². The number of alkyl halides is 3. The summed E-state index contributed by atoms with van der Waals surface area (Å²) in [5, 5.41) is 0. The van der Waals surface area contributed by atoms with Gasteiger partial charge in [0, 0.05) is 25.5 Å². The molecule has 2 aromatic rings. The number of halogens is 3. The van der Waals surface area contributed by atoms with Crippen LogP contribution in [0.15, 0.2) is 52.5 Å². The van der Waals surface area contributed by atoms with E-state index in [1.165, 1.54) is 0 Å². The fraction of sp³-hybridized carbons (Fsp3) is 0.333. The molecule has 0 aliphatic heterocycles. The summed E-state index contributed by atoms with van der Waals surface area (Å²) in [5.74, 6) is 0. The quantitative estimate of drug-likeness (QED) is 0.761. The van der Waals surface area contributed by atoms with E-state index in [-0.39, 0.29) is 11.4 Å². The molecule has 26 heavy (non-hydrogen) atoms. The van der Waals surface area contributed by atoms with Crippen LogP contribution in [-0.4, -0.2) is 26.9 Å². The smallest absolute Gasteiger partial charge is 0.354 e. The zero-order chi connectivity index (χ0) is 19.6. The predicted octanol–water partition coefficient (Wildman–Crippen LogP) is 2.67. The summed E-state index contributed by atoms with van der Waals surface area (Å²) < 4.78 is 88.7. The van der Waals surface area contributed by atoms with E-state index in [0.717, 1.165) is 30.7 Å². The summed E-state index contributed by atoms with van der Waals surface area (Å²) in [5.41, 5.74) is -4.73. The molecule has 0 bridgehead atoms. The third-order valence-corrected chi connectivity index (χ3v) is 6.43. The molecule has 0 fully saturated rings. The average Bonchev–Trinajstić information content (AvgIpc) is 3.00. The normalized spacial score (nSPS) is 13.1. The first-order valence-electron chi connectivity index (χ1n) is 7.53. The highest BCUT2D eigenvalue weighted by atomic mass is 32.2. The molecule has 0 saturated carbocycles. The van der Waals surface area contributed by atoms with Gasteiger partial charge in [0.05, 0.1) is 9.79 Å². The van der Waals surface area contributed by atoms with Crippen molar-refractivity contribution in [1.82, 2.24) is 9.29 Å². The number of benzene rings is 1. The van der Waals surface area contributed by atoms with Gasteiger partial charge in [-0.25, -0.2) is 21.6 Å². The van der Waals surface area contributed by atoms with Crippen LogP contribution in [0.1, 0.15) is 18.9 Å². The zero-order valence-corrected chi connectivity index (χ0v) is 15.3. The van der Waals surface area contributed by atoms with Crippen LogP contribution >= 0.6 is 0 Å². The van der Waals surface area contributed by atoms with E-state index >= 15 is 0 Å². The van der Waals surface area contributed by atoms with Gasteiger partial charge in [0.25, 0.3) is 9.84 Å². The molecule has 0 spiro atoms. The summed E-state index contributed by atoms with van der Waals surface area (Å²) in [6.45, 7) is 2.80. The lowest BCUT2D eigenvalue weighted by Gasteiger charge is -2.09. The SMILES string of the molecule is CCCn1ccc(CNS(=O)(=O)c2ccc(S(=O)(=O)C(F)(F)F)cc2)c1. The first kappa shape index (κ1) is 20.5. The van der Waals surface area contributed by atoms with Gasteiger partial charge in [-0.15, -0.1) is 0 Å². The van der Waals surface area contributed by atoms with Gasteiger partial charge in [-0.1, -0.05) is 6.92 Å². The molecule has 1 aromatic heterocycles. The Hall–Kier alpha value is -1.85. The fourth-order valence-corrected chi connectivity index (χ4v) is 3.97. The first-order chi connectivity index (χ1) is 12.0. The molecule has 0 aliphatic carbocycles.